The Balaban J connectivity index is 2.69. The summed E-state index contributed by atoms with van der Waals surface area (Å²) < 4.78 is 0. The predicted molar refractivity (Wildman–Crippen MR) is 75.3 cm³/mol. The first-order chi connectivity index (χ1) is 8.06. The molecule has 1 aromatic carbocycles. The number of hydrazine groups is 1. The Bertz CT molecular complexity index is 355. The maximum Gasteiger partial charge on any atom is 0.0439 e. The molecule has 4 heteroatoms. The summed E-state index contributed by atoms with van der Waals surface area (Å²) >= 11 is 12.1. The van der Waals surface area contributed by atoms with Gasteiger partial charge in [0.15, 0.2) is 0 Å². The van der Waals surface area contributed by atoms with Crippen molar-refractivity contribution in [3.8, 4) is 0 Å². The summed E-state index contributed by atoms with van der Waals surface area (Å²) in [6, 6.07) is 5.77. The van der Waals surface area contributed by atoms with E-state index >= 15 is 0 Å². The van der Waals surface area contributed by atoms with E-state index in [-0.39, 0.29) is 6.04 Å². The van der Waals surface area contributed by atoms with Crippen LogP contribution in [0.3, 0.4) is 0 Å². The van der Waals surface area contributed by atoms with Crippen molar-refractivity contribution in [2.75, 3.05) is 0 Å². The van der Waals surface area contributed by atoms with Crippen molar-refractivity contribution in [3.05, 3.63) is 33.8 Å². The molecule has 0 heterocycles. The molecule has 0 spiro atoms. The van der Waals surface area contributed by atoms with E-state index in [1.807, 2.05) is 12.1 Å². The highest BCUT2D eigenvalue weighted by Crippen LogP contribution is 2.23. The van der Waals surface area contributed by atoms with Crippen molar-refractivity contribution in [2.45, 2.75) is 39.2 Å². The number of nitrogens with one attached hydrogen (secondary N) is 1. The monoisotopic (exact) mass is 274 g/mol. The second-order valence-electron chi connectivity index (χ2n) is 4.55. The van der Waals surface area contributed by atoms with Crippen LogP contribution < -0.4 is 11.3 Å². The SMILES string of the molecule is CCC(C)CC(Cc1cc(Cl)ccc1Cl)NN. The molecule has 0 fully saturated rings. The first kappa shape index (κ1) is 14.8. The van der Waals surface area contributed by atoms with Crippen molar-refractivity contribution in [3.63, 3.8) is 0 Å². The van der Waals surface area contributed by atoms with Gasteiger partial charge in [-0.05, 0) is 42.5 Å². The van der Waals surface area contributed by atoms with Crippen LogP contribution in [0.15, 0.2) is 18.2 Å². The zero-order valence-corrected chi connectivity index (χ0v) is 11.9. The fourth-order valence-electron chi connectivity index (χ4n) is 1.83. The number of hydrogen-bond acceptors (Lipinski definition) is 2. The molecular weight excluding hydrogens is 255 g/mol. The van der Waals surface area contributed by atoms with Crippen LogP contribution in [-0.4, -0.2) is 6.04 Å². The van der Waals surface area contributed by atoms with E-state index in [1.54, 1.807) is 6.07 Å². The highest BCUT2D eigenvalue weighted by atomic mass is 35.5. The number of halogens is 2. The van der Waals surface area contributed by atoms with Crippen LogP contribution in [0.5, 0.6) is 0 Å². The molecule has 2 atom stereocenters. The van der Waals surface area contributed by atoms with Gasteiger partial charge in [-0.2, -0.15) is 0 Å². The van der Waals surface area contributed by atoms with Crippen molar-refractivity contribution >= 4 is 23.2 Å². The molecule has 96 valence electrons. The van der Waals surface area contributed by atoms with E-state index in [0.717, 1.165) is 29.8 Å². The molecule has 0 aromatic heterocycles. The van der Waals surface area contributed by atoms with E-state index in [2.05, 4.69) is 19.3 Å². The van der Waals surface area contributed by atoms with Crippen LogP contribution in [0.4, 0.5) is 0 Å². The molecule has 0 aliphatic carbocycles. The second kappa shape index (κ2) is 7.22. The van der Waals surface area contributed by atoms with Gasteiger partial charge in [0.1, 0.15) is 0 Å². The summed E-state index contributed by atoms with van der Waals surface area (Å²) in [5.74, 6) is 6.23. The summed E-state index contributed by atoms with van der Waals surface area (Å²) in [6.07, 6.45) is 3.00. The molecule has 0 amide bonds. The maximum absolute atomic E-state index is 6.14. The Hall–Kier alpha value is -0.280. The minimum Gasteiger partial charge on any atom is -0.271 e. The lowest BCUT2D eigenvalue weighted by Gasteiger charge is -2.20. The summed E-state index contributed by atoms with van der Waals surface area (Å²) in [5.41, 5.74) is 3.91. The van der Waals surface area contributed by atoms with Gasteiger partial charge in [-0.15, -0.1) is 0 Å². The average molecular weight is 275 g/mol. The van der Waals surface area contributed by atoms with Gasteiger partial charge in [-0.1, -0.05) is 43.5 Å². The van der Waals surface area contributed by atoms with Gasteiger partial charge in [-0.25, -0.2) is 0 Å². The average Bonchev–Trinajstić information content (AvgIpc) is 2.32. The molecule has 0 bridgehead atoms. The summed E-state index contributed by atoms with van der Waals surface area (Å²) in [5, 5.41) is 1.46. The van der Waals surface area contributed by atoms with Crippen LogP contribution in [0.25, 0.3) is 0 Å². The van der Waals surface area contributed by atoms with Crippen molar-refractivity contribution < 1.29 is 0 Å². The minimum absolute atomic E-state index is 0.237. The zero-order chi connectivity index (χ0) is 12.8. The van der Waals surface area contributed by atoms with Gasteiger partial charge in [-0.3, -0.25) is 11.3 Å². The quantitative estimate of drug-likeness (QED) is 0.612. The van der Waals surface area contributed by atoms with Crippen LogP contribution in [0, 0.1) is 5.92 Å². The first-order valence-corrected chi connectivity index (χ1v) is 6.72. The lowest BCUT2D eigenvalue weighted by molar-refractivity contribution is 0.396. The number of nitrogens with two attached hydrogens (primary N) is 1. The Morgan fingerprint density at radius 1 is 1.35 bits per heavy atom. The van der Waals surface area contributed by atoms with Crippen molar-refractivity contribution in [1.82, 2.24) is 5.43 Å². The first-order valence-electron chi connectivity index (χ1n) is 5.96. The van der Waals surface area contributed by atoms with Gasteiger partial charge >= 0.3 is 0 Å². The molecule has 1 rings (SSSR count). The Morgan fingerprint density at radius 2 is 2.06 bits per heavy atom. The van der Waals surface area contributed by atoms with Crippen LogP contribution in [-0.2, 0) is 6.42 Å². The third-order valence-electron chi connectivity index (χ3n) is 3.09. The summed E-state index contributed by atoms with van der Waals surface area (Å²) in [7, 11) is 0. The van der Waals surface area contributed by atoms with Crippen LogP contribution >= 0.6 is 23.2 Å². The predicted octanol–water partition coefficient (Wildman–Crippen LogP) is 3.80. The number of rotatable bonds is 6. The molecular formula is C13H20Cl2N2. The van der Waals surface area contributed by atoms with Crippen molar-refractivity contribution in [2.24, 2.45) is 11.8 Å². The van der Waals surface area contributed by atoms with Crippen LogP contribution in [0.2, 0.25) is 10.0 Å². The number of benzene rings is 1. The second-order valence-corrected chi connectivity index (χ2v) is 5.40. The highest BCUT2D eigenvalue weighted by Gasteiger charge is 2.13. The minimum atomic E-state index is 0.237. The molecule has 3 N–H and O–H groups in total. The molecule has 0 saturated carbocycles. The lowest BCUT2D eigenvalue weighted by Crippen LogP contribution is -2.38. The number of hydrogen-bond donors (Lipinski definition) is 2. The third-order valence-corrected chi connectivity index (χ3v) is 3.70. The van der Waals surface area contributed by atoms with Gasteiger partial charge in [0.2, 0.25) is 0 Å². The summed E-state index contributed by atoms with van der Waals surface area (Å²) in [6.45, 7) is 4.41. The topological polar surface area (TPSA) is 38.0 Å². The molecule has 17 heavy (non-hydrogen) atoms. The van der Waals surface area contributed by atoms with Gasteiger partial charge in [0.25, 0.3) is 0 Å². The molecule has 1 aromatic rings. The van der Waals surface area contributed by atoms with E-state index in [1.165, 1.54) is 0 Å². The molecule has 0 aliphatic rings. The fourth-order valence-corrected chi connectivity index (χ4v) is 2.22. The lowest BCUT2D eigenvalue weighted by atomic mass is 9.95. The smallest absolute Gasteiger partial charge is 0.0439 e. The highest BCUT2D eigenvalue weighted by molar-refractivity contribution is 6.33. The van der Waals surface area contributed by atoms with Gasteiger partial charge in [0.05, 0.1) is 0 Å². The van der Waals surface area contributed by atoms with Crippen LogP contribution in [0.1, 0.15) is 32.3 Å². The normalized spacial score (nSPS) is 14.6. The third kappa shape index (κ3) is 4.84. The Morgan fingerprint density at radius 3 is 2.65 bits per heavy atom. The molecule has 0 saturated heterocycles. The van der Waals surface area contributed by atoms with Gasteiger partial charge < -0.3 is 0 Å². The zero-order valence-electron chi connectivity index (χ0n) is 10.3. The van der Waals surface area contributed by atoms with E-state index < -0.39 is 0 Å². The largest absolute Gasteiger partial charge is 0.271 e. The maximum atomic E-state index is 6.14. The molecule has 2 nitrogen and oxygen atoms in total. The van der Waals surface area contributed by atoms with E-state index in [0.29, 0.717) is 10.9 Å². The molecule has 0 aliphatic heterocycles. The van der Waals surface area contributed by atoms with Gasteiger partial charge in [0, 0.05) is 16.1 Å². The van der Waals surface area contributed by atoms with E-state index in [9.17, 15) is 0 Å². The fraction of sp³-hybridized carbons (Fsp3) is 0.538. The summed E-state index contributed by atoms with van der Waals surface area (Å²) in [4.78, 5) is 0. The standard InChI is InChI=1S/C13H20Cl2N2/c1-3-9(2)6-12(17-16)8-10-7-11(14)4-5-13(10)15/h4-5,7,9,12,17H,3,6,8,16H2,1-2H3. The molecule has 2 unspecified atom stereocenters. The van der Waals surface area contributed by atoms with E-state index in [4.69, 9.17) is 29.0 Å². The van der Waals surface area contributed by atoms with Crippen molar-refractivity contribution in [1.29, 1.82) is 0 Å². The molecule has 0 radical (unpaired) electrons. The Labute approximate surface area is 113 Å². The Kier molecular flexibility index (Phi) is 6.28.